The summed E-state index contributed by atoms with van der Waals surface area (Å²) >= 11 is 0. The number of likely N-dealkylation sites (tertiary alicyclic amines) is 1. The predicted octanol–water partition coefficient (Wildman–Crippen LogP) is 2.95. The lowest BCUT2D eigenvalue weighted by atomic mass is 9.94. The van der Waals surface area contributed by atoms with Crippen LogP contribution in [0.4, 0.5) is 0 Å². The van der Waals surface area contributed by atoms with Crippen LogP contribution >= 0.6 is 0 Å². The van der Waals surface area contributed by atoms with Crippen molar-refractivity contribution in [3.8, 4) is 0 Å². The molecule has 128 valence electrons. The highest BCUT2D eigenvalue weighted by atomic mass is 32.2. The van der Waals surface area contributed by atoms with E-state index in [1.807, 2.05) is 24.8 Å². The first kappa shape index (κ1) is 16.9. The van der Waals surface area contributed by atoms with E-state index in [1.165, 1.54) is 0 Å². The van der Waals surface area contributed by atoms with Crippen molar-refractivity contribution in [3.05, 3.63) is 47.8 Å². The van der Waals surface area contributed by atoms with Gasteiger partial charge in [-0.1, -0.05) is 13.8 Å². The molecular formula is C18H23N3O2S. The molecule has 0 bridgehead atoms. The van der Waals surface area contributed by atoms with Gasteiger partial charge in [-0.2, -0.15) is 5.10 Å². The Hall–Kier alpha value is -1.95. The predicted molar refractivity (Wildman–Crippen MR) is 94.5 cm³/mol. The summed E-state index contributed by atoms with van der Waals surface area (Å²) in [6.45, 7) is 5.35. The summed E-state index contributed by atoms with van der Waals surface area (Å²) in [4.78, 5) is 15.4. The Kier molecular flexibility index (Phi) is 5.14. The molecule has 1 saturated heterocycles. The van der Waals surface area contributed by atoms with E-state index in [1.54, 1.807) is 30.5 Å². The van der Waals surface area contributed by atoms with Gasteiger partial charge in [0.1, 0.15) is 0 Å². The average Bonchev–Trinajstić information content (AvgIpc) is 3.15. The third-order valence-electron chi connectivity index (χ3n) is 4.43. The first-order chi connectivity index (χ1) is 11.6. The van der Waals surface area contributed by atoms with Crippen LogP contribution in [0.5, 0.6) is 0 Å². The van der Waals surface area contributed by atoms with Crippen LogP contribution in [0.25, 0.3) is 0 Å². The Morgan fingerprint density at radius 2 is 2.04 bits per heavy atom. The molecule has 1 aliphatic rings. The molecule has 2 aromatic rings. The molecule has 1 amide bonds. The van der Waals surface area contributed by atoms with Gasteiger partial charge in [-0.3, -0.25) is 14.1 Å². The van der Waals surface area contributed by atoms with Crippen molar-refractivity contribution in [2.24, 2.45) is 0 Å². The number of carbonyl (C=O) groups excluding carboxylic acids is 1. The van der Waals surface area contributed by atoms with Gasteiger partial charge in [0.2, 0.25) is 0 Å². The molecule has 1 aliphatic heterocycles. The van der Waals surface area contributed by atoms with E-state index in [4.69, 9.17) is 0 Å². The summed E-state index contributed by atoms with van der Waals surface area (Å²) in [6, 6.07) is 9.17. The van der Waals surface area contributed by atoms with Gasteiger partial charge < -0.3 is 4.90 Å². The zero-order valence-corrected chi connectivity index (χ0v) is 14.9. The molecule has 1 N–H and O–H groups in total. The quantitative estimate of drug-likeness (QED) is 0.926. The van der Waals surface area contributed by atoms with E-state index in [-0.39, 0.29) is 11.2 Å². The zero-order valence-electron chi connectivity index (χ0n) is 14.1. The molecule has 3 rings (SSSR count). The molecule has 0 saturated carbocycles. The van der Waals surface area contributed by atoms with Crippen molar-refractivity contribution < 1.29 is 9.00 Å². The van der Waals surface area contributed by atoms with Gasteiger partial charge in [-0.25, -0.2) is 0 Å². The molecule has 24 heavy (non-hydrogen) atoms. The van der Waals surface area contributed by atoms with Crippen LogP contribution < -0.4 is 0 Å². The SMILES string of the molecule is CC(C)[S@](=O)c1ccc(C(=O)N2CCC[C@@H](c3ccn[nH]3)C2)cc1. The molecule has 0 spiro atoms. The van der Waals surface area contributed by atoms with Crippen molar-refractivity contribution in [2.45, 2.75) is 42.8 Å². The average molecular weight is 345 g/mol. The Morgan fingerprint density at radius 3 is 2.67 bits per heavy atom. The first-order valence-electron chi connectivity index (χ1n) is 8.35. The maximum absolute atomic E-state index is 12.8. The van der Waals surface area contributed by atoms with E-state index in [0.29, 0.717) is 18.0 Å². The number of nitrogens with zero attached hydrogens (tertiary/aromatic N) is 2. The van der Waals surface area contributed by atoms with E-state index in [9.17, 15) is 9.00 Å². The van der Waals surface area contributed by atoms with Crippen molar-refractivity contribution in [1.29, 1.82) is 0 Å². The molecule has 2 atom stereocenters. The van der Waals surface area contributed by atoms with Gasteiger partial charge in [0.15, 0.2) is 0 Å². The summed E-state index contributed by atoms with van der Waals surface area (Å²) in [5.41, 5.74) is 1.75. The standard InChI is InChI=1S/C18H23N3O2S/c1-13(2)24(23)16-7-5-14(6-8-16)18(22)21-11-3-4-15(12-21)17-9-10-19-20-17/h5-10,13,15H,3-4,11-12H2,1-2H3,(H,19,20)/t15-,24+/m1/s1. The lowest BCUT2D eigenvalue weighted by Gasteiger charge is -2.32. The second kappa shape index (κ2) is 7.30. The molecule has 2 heterocycles. The number of hydrogen-bond donors (Lipinski definition) is 1. The number of aromatic amines is 1. The van der Waals surface area contributed by atoms with Crippen molar-refractivity contribution in [2.75, 3.05) is 13.1 Å². The summed E-state index contributed by atoms with van der Waals surface area (Å²) in [5.74, 6) is 0.360. The highest BCUT2D eigenvalue weighted by molar-refractivity contribution is 7.85. The number of rotatable bonds is 4. The maximum atomic E-state index is 12.8. The molecule has 0 unspecified atom stereocenters. The minimum Gasteiger partial charge on any atom is -0.338 e. The topological polar surface area (TPSA) is 66.1 Å². The van der Waals surface area contributed by atoms with E-state index < -0.39 is 10.8 Å². The Bertz CT molecular complexity index is 710. The summed E-state index contributed by atoms with van der Waals surface area (Å²) in [6.07, 6.45) is 3.81. The van der Waals surface area contributed by atoms with Gasteiger partial charge in [0.25, 0.3) is 5.91 Å². The molecule has 0 aliphatic carbocycles. The fourth-order valence-electron chi connectivity index (χ4n) is 3.10. The number of H-pyrrole nitrogens is 1. The fourth-order valence-corrected chi connectivity index (χ4v) is 4.04. The minimum absolute atomic E-state index is 0.0427. The van der Waals surface area contributed by atoms with Crippen LogP contribution in [0.1, 0.15) is 48.7 Å². The van der Waals surface area contributed by atoms with E-state index in [2.05, 4.69) is 10.2 Å². The smallest absolute Gasteiger partial charge is 0.253 e. The second-order valence-corrected chi connectivity index (χ2v) is 8.48. The fraction of sp³-hybridized carbons (Fsp3) is 0.444. The minimum atomic E-state index is -1.02. The summed E-state index contributed by atoms with van der Waals surface area (Å²) in [5, 5.41) is 7.10. The Morgan fingerprint density at radius 1 is 1.29 bits per heavy atom. The summed E-state index contributed by atoms with van der Waals surface area (Å²) in [7, 11) is -1.02. The third-order valence-corrected chi connectivity index (χ3v) is 6.03. The van der Waals surface area contributed by atoms with Crippen LogP contribution in [-0.2, 0) is 10.8 Å². The number of amides is 1. The molecule has 1 aromatic carbocycles. The van der Waals surface area contributed by atoms with Crippen molar-refractivity contribution in [3.63, 3.8) is 0 Å². The monoisotopic (exact) mass is 345 g/mol. The lowest BCUT2D eigenvalue weighted by Crippen LogP contribution is -2.39. The van der Waals surface area contributed by atoms with Gasteiger partial charge in [0.05, 0.1) is 10.8 Å². The number of aromatic nitrogens is 2. The van der Waals surface area contributed by atoms with Crippen LogP contribution in [0, 0.1) is 0 Å². The molecule has 0 radical (unpaired) electrons. The van der Waals surface area contributed by atoms with Gasteiger partial charge in [-0.05, 0) is 43.2 Å². The second-order valence-electron chi connectivity index (χ2n) is 6.47. The van der Waals surface area contributed by atoms with E-state index in [0.717, 1.165) is 30.0 Å². The first-order valence-corrected chi connectivity index (χ1v) is 9.56. The van der Waals surface area contributed by atoms with Gasteiger partial charge in [0, 0.05) is 46.6 Å². The maximum Gasteiger partial charge on any atom is 0.253 e. The lowest BCUT2D eigenvalue weighted by molar-refractivity contribution is 0.0706. The number of carbonyl (C=O) groups is 1. The van der Waals surface area contributed by atoms with Crippen LogP contribution in [0.15, 0.2) is 41.4 Å². The zero-order chi connectivity index (χ0) is 17.1. The van der Waals surface area contributed by atoms with Crippen molar-refractivity contribution in [1.82, 2.24) is 15.1 Å². The molecule has 1 aromatic heterocycles. The van der Waals surface area contributed by atoms with E-state index >= 15 is 0 Å². The molecular weight excluding hydrogens is 322 g/mol. The number of nitrogens with one attached hydrogen (secondary N) is 1. The van der Waals surface area contributed by atoms with Crippen molar-refractivity contribution >= 4 is 16.7 Å². The Balaban J connectivity index is 1.70. The molecule has 6 heteroatoms. The molecule has 1 fully saturated rings. The Labute approximate surface area is 144 Å². The highest BCUT2D eigenvalue weighted by Crippen LogP contribution is 2.26. The highest BCUT2D eigenvalue weighted by Gasteiger charge is 2.26. The number of benzene rings is 1. The van der Waals surface area contributed by atoms with Crippen LogP contribution in [0.2, 0.25) is 0 Å². The largest absolute Gasteiger partial charge is 0.338 e. The number of piperidine rings is 1. The summed E-state index contributed by atoms with van der Waals surface area (Å²) < 4.78 is 12.1. The number of hydrogen-bond acceptors (Lipinski definition) is 3. The van der Waals surface area contributed by atoms with Gasteiger partial charge in [-0.15, -0.1) is 0 Å². The molecule has 5 nitrogen and oxygen atoms in total. The normalized spacial score (nSPS) is 19.5. The third kappa shape index (κ3) is 3.59. The van der Waals surface area contributed by atoms with Crippen LogP contribution in [-0.4, -0.2) is 43.6 Å². The van der Waals surface area contributed by atoms with Crippen LogP contribution in [0.3, 0.4) is 0 Å². The van der Waals surface area contributed by atoms with Gasteiger partial charge >= 0.3 is 0 Å².